The number of allylic oxidation sites excluding steroid dienone is 1. The Hall–Kier alpha value is -2.93. The highest BCUT2D eigenvalue weighted by molar-refractivity contribution is 7.99. The minimum Gasteiger partial charge on any atom is -0.496 e. The van der Waals surface area contributed by atoms with Crippen LogP contribution in [0.15, 0.2) is 36.4 Å². The van der Waals surface area contributed by atoms with Crippen molar-refractivity contribution in [3.05, 3.63) is 58.7 Å². The van der Waals surface area contributed by atoms with Gasteiger partial charge >= 0.3 is 5.97 Å². The number of thioether (sulfide) groups is 1. The molecule has 1 atom stereocenters. The van der Waals surface area contributed by atoms with Gasteiger partial charge in [-0.3, -0.25) is 9.59 Å². The van der Waals surface area contributed by atoms with Gasteiger partial charge in [0, 0.05) is 34.4 Å². The Labute approximate surface area is 186 Å². The summed E-state index contributed by atoms with van der Waals surface area (Å²) in [7, 11) is 1.55. The topological polar surface area (TPSA) is 82.1 Å². The van der Waals surface area contributed by atoms with Crippen LogP contribution in [0.5, 0.6) is 17.2 Å². The maximum Gasteiger partial charge on any atom is 0.313 e. The Morgan fingerprint density at radius 2 is 2.06 bits per heavy atom. The molecule has 0 aromatic heterocycles. The molecular weight excluding hydrogens is 416 g/mol. The zero-order valence-corrected chi connectivity index (χ0v) is 18.7. The molecule has 0 amide bonds. The van der Waals surface area contributed by atoms with E-state index in [9.17, 15) is 9.59 Å². The van der Waals surface area contributed by atoms with Gasteiger partial charge in [-0.2, -0.15) is 0 Å². The third-order valence-electron chi connectivity index (χ3n) is 4.79. The van der Waals surface area contributed by atoms with Crippen LogP contribution in [0.2, 0.25) is 0 Å². The van der Waals surface area contributed by atoms with Crippen molar-refractivity contribution in [3.63, 3.8) is 0 Å². The number of ether oxygens (including phenoxy) is 3. The number of benzene rings is 2. The van der Waals surface area contributed by atoms with Crippen LogP contribution < -0.4 is 14.2 Å². The summed E-state index contributed by atoms with van der Waals surface area (Å²) in [5, 5.41) is 8.84. The van der Waals surface area contributed by atoms with E-state index in [0.717, 1.165) is 34.6 Å². The van der Waals surface area contributed by atoms with Crippen molar-refractivity contribution in [2.45, 2.75) is 32.1 Å². The number of methoxy groups -OCH3 is 1. The fourth-order valence-electron chi connectivity index (χ4n) is 3.42. The van der Waals surface area contributed by atoms with E-state index in [1.165, 1.54) is 17.8 Å². The molecule has 2 aromatic rings. The first-order chi connectivity index (χ1) is 14.9. The average Bonchev–Trinajstić information content (AvgIpc) is 3.10. The van der Waals surface area contributed by atoms with Gasteiger partial charge in [0.15, 0.2) is 5.78 Å². The van der Waals surface area contributed by atoms with Crippen LogP contribution in [-0.4, -0.2) is 42.4 Å². The molecular formula is C24H26O6S. The van der Waals surface area contributed by atoms with E-state index in [2.05, 4.69) is 0 Å². The second kappa shape index (κ2) is 10.4. The second-order valence-electron chi connectivity index (χ2n) is 7.17. The third-order valence-corrected chi connectivity index (χ3v) is 5.76. The van der Waals surface area contributed by atoms with E-state index >= 15 is 0 Å². The van der Waals surface area contributed by atoms with Crippen molar-refractivity contribution < 1.29 is 28.9 Å². The molecule has 7 heteroatoms. The number of hydrogen-bond acceptors (Lipinski definition) is 6. The van der Waals surface area contributed by atoms with E-state index in [0.29, 0.717) is 23.7 Å². The predicted molar refractivity (Wildman–Crippen MR) is 122 cm³/mol. The number of carboxylic acids is 1. The molecule has 0 bridgehead atoms. The average molecular weight is 443 g/mol. The summed E-state index contributed by atoms with van der Waals surface area (Å²) in [6, 6.07) is 9.08. The van der Waals surface area contributed by atoms with Crippen molar-refractivity contribution >= 4 is 29.6 Å². The van der Waals surface area contributed by atoms with Crippen LogP contribution in [0, 0.1) is 0 Å². The maximum absolute atomic E-state index is 12.8. The highest BCUT2D eigenvalue weighted by Gasteiger charge is 2.21. The van der Waals surface area contributed by atoms with E-state index in [4.69, 9.17) is 19.3 Å². The summed E-state index contributed by atoms with van der Waals surface area (Å²) < 4.78 is 16.9. The van der Waals surface area contributed by atoms with E-state index in [1.54, 1.807) is 31.4 Å². The first kappa shape index (κ1) is 22.7. The lowest BCUT2D eigenvalue weighted by Gasteiger charge is -2.10. The van der Waals surface area contributed by atoms with Crippen molar-refractivity contribution in [1.82, 2.24) is 0 Å². The molecule has 1 N–H and O–H groups in total. The number of hydrogen-bond donors (Lipinski definition) is 1. The second-order valence-corrected chi connectivity index (χ2v) is 8.16. The molecule has 164 valence electrons. The molecule has 1 heterocycles. The fraction of sp³-hybridized carbons (Fsp3) is 0.333. The maximum atomic E-state index is 12.8. The number of rotatable bonds is 10. The summed E-state index contributed by atoms with van der Waals surface area (Å²) in [6.45, 7) is 4.47. The largest absolute Gasteiger partial charge is 0.496 e. The van der Waals surface area contributed by atoms with Gasteiger partial charge < -0.3 is 19.3 Å². The van der Waals surface area contributed by atoms with Crippen molar-refractivity contribution in [3.8, 4) is 17.2 Å². The molecule has 0 fully saturated rings. The number of carbonyl (C=O) groups excluding carboxylic acids is 1. The molecule has 31 heavy (non-hydrogen) atoms. The number of fused-ring (bicyclic) bond motifs is 1. The molecule has 2 aromatic carbocycles. The molecule has 1 unspecified atom stereocenters. The van der Waals surface area contributed by atoms with Gasteiger partial charge in [-0.15, -0.1) is 11.8 Å². The lowest BCUT2D eigenvalue weighted by atomic mass is 10.0. The van der Waals surface area contributed by atoms with Gasteiger partial charge in [0.05, 0.1) is 19.5 Å². The first-order valence-corrected chi connectivity index (χ1v) is 11.2. The summed E-state index contributed by atoms with van der Waals surface area (Å²) in [5.41, 5.74) is 3.18. The monoisotopic (exact) mass is 442 g/mol. The summed E-state index contributed by atoms with van der Waals surface area (Å²) in [6.07, 6.45) is 4.22. The third kappa shape index (κ3) is 5.82. The highest BCUT2D eigenvalue weighted by atomic mass is 32.2. The van der Waals surface area contributed by atoms with E-state index in [-0.39, 0.29) is 17.6 Å². The highest BCUT2D eigenvalue weighted by Crippen LogP contribution is 2.36. The van der Waals surface area contributed by atoms with Gasteiger partial charge in [0.25, 0.3) is 0 Å². The Bertz CT molecular complexity index is 998. The van der Waals surface area contributed by atoms with Gasteiger partial charge in [0.2, 0.25) is 0 Å². The molecule has 0 aliphatic carbocycles. The van der Waals surface area contributed by atoms with E-state index in [1.807, 2.05) is 26.0 Å². The normalized spacial score (nSPS) is 14.9. The van der Waals surface area contributed by atoms with Crippen LogP contribution in [0.3, 0.4) is 0 Å². The van der Waals surface area contributed by atoms with Crippen LogP contribution >= 0.6 is 11.8 Å². The molecule has 3 rings (SSSR count). The Morgan fingerprint density at radius 1 is 1.26 bits per heavy atom. The van der Waals surface area contributed by atoms with Gasteiger partial charge in [0.1, 0.15) is 23.4 Å². The van der Waals surface area contributed by atoms with Crippen LogP contribution in [0.1, 0.15) is 40.9 Å². The molecule has 1 aliphatic heterocycles. The smallest absolute Gasteiger partial charge is 0.313 e. The zero-order valence-electron chi connectivity index (χ0n) is 17.8. The quantitative estimate of drug-likeness (QED) is 0.424. The lowest BCUT2D eigenvalue weighted by Crippen LogP contribution is -2.05. The summed E-state index contributed by atoms with van der Waals surface area (Å²) in [4.78, 5) is 23.6. The molecule has 1 aliphatic rings. The summed E-state index contributed by atoms with van der Waals surface area (Å²) >= 11 is 1.25. The molecule has 0 radical (unpaired) electrons. The van der Waals surface area contributed by atoms with Crippen LogP contribution in [0.4, 0.5) is 0 Å². The van der Waals surface area contributed by atoms with Crippen molar-refractivity contribution in [1.29, 1.82) is 0 Å². The SMILES string of the molecule is CCOc1cc2c(cc1/C=C/C(=O)c1ccc(OC)c(CSCC(=O)O)c1)OC(C)C2. The standard InChI is InChI=1S/C24H26O6S/c1-4-29-22-12-18-9-15(2)30-23(18)11-17(22)5-7-20(25)16-6-8-21(28-3)19(10-16)13-31-14-24(26)27/h5-8,10-12,15H,4,9,13-14H2,1-3H3,(H,26,27)/b7-5+. The minimum atomic E-state index is -0.878. The summed E-state index contributed by atoms with van der Waals surface area (Å²) in [5.74, 6) is 1.56. The van der Waals surface area contributed by atoms with Gasteiger partial charge in [-0.05, 0) is 56.3 Å². The molecule has 0 spiro atoms. The first-order valence-electron chi connectivity index (χ1n) is 10.1. The Balaban J connectivity index is 1.81. The van der Waals surface area contributed by atoms with Gasteiger partial charge in [-0.1, -0.05) is 0 Å². The molecule has 0 saturated heterocycles. The molecule has 0 saturated carbocycles. The van der Waals surface area contributed by atoms with Crippen molar-refractivity contribution in [2.75, 3.05) is 19.5 Å². The Kier molecular flexibility index (Phi) is 7.63. The van der Waals surface area contributed by atoms with Crippen molar-refractivity contribution in [2.24, 2.45) is 0 Å². The minimum absolute atomic E-state index is 0.0134. The number of ketones is 1. The predicted octanol–water partition coefficient (Wildman–Crippen LogP) is 4.63. The molecule has 6 nitrogen and oxygen atoms in total. The fourth-order valence-corrected chi connectivity index (χ4v) is 4.14. The number of carbonyl (C=O) groups is 2. The lowest BCUT2D eigenvalue weighted by molar-refractivity contribution is -0.133. The zero-order chi connectivity index (χ0) is 22.4. The Morgan fingerprint density at radius 3 is 2.77 bits per heavy atom. The number of carboxylic acid groups (broad SMARTS) is 1. The number of aliphatic carboxylic acids is 1. The van der Waals surface area contributed by atoms with Crippen LogP contribution in [-0.2, 0) is 17.0 Å². The van der Waals surface area contributed by atoms with E-state index < -0.39 is 5.97 Å². The van der Waals surface area contributed by atoms with Gasteiger partial charge in [-0.25, -0.2) is 0 Å². The van der Waals surface area contributed by atoms with Crippen LogP contribution in [0.25, 0.3) is 6.08 Å².